The van der Waals surface area contributed by atoms with Crippen molar-refractivity contribution in [3.8, 4) is 0 Å². The fourth-order valence-electron chi connectivity index (χ4n) is 2.10. The molecule has 0 atom stereocenters. The van der Waals surface area contributed by atoms with Gasteiger partial charge in [-0.1, -0.05) is 0 Å². The molecule has 0 saturated carbocycles. The van der Waals surface area contributed by atoms with E-state index in [9.17, 15) is 10.1 Å². The summed E-state index contributed by atoms with van der Waals surface area (Å²) >= 11 is 0. The van der Waals surface area contributed by atoms with Crippen molar-refractivity contribution in [3.05, 3.63) is 40.6 Å². The van der Waals surface area contributed by atoms with Crippen LogP contribution in [0.2, 0.25) is 0 Å². The summed E-state index contributed by atoms with van der Waals surface area (Å²) in [4.78, 5) is 14.7. The Bertz CT molecular complexity index is 601. The van der Waals surface area contributed by atoms with Gasteiger partial charge in [-0.2, -0.15) is 0 Å². The van der Waals surface area contributed by atoms with Gasteiger partial charge in [0.25, 0.3) is 5.69 Å². The van der Waals surface area contributed by atoms with Crippen LogP contribution in [0.15, 0.2) is 30.5 Å². The van der Waals surface area contributed by atoms with Crippen LogP contribution < -0.4 is 5.32 Å². The van der Waals surface area contributed by atoms with Crippen LogP contribution in [0.1, 0.15) is 19.3 Å². The molecular formula is C14H17N3O3. The van der Waals surface area contributed by atoms with E-state index in [1.165, 1.54) is 6.07 Å². The third-order valence-corrected chi connectivity index (χ3v) is 3.10. The number of benzene rings is 1. The van der Waals surface area contributed by atoms with Gasteiger partial charge in [0.15, 0.2) is 0 Å². The van der Waals surface area contributed by atoms with Crippen LogP contribution in [-0.4, -0.2) is 28.2 Å². The molecule has 0 saturated heterocycles. The van der Waals surface area contributed by atoms with Crippen LogP contribution in [0.5, 0.6) is 0 Å². The number of rotatable bonds is 7. The van der Waals surface area contributed by atoms with E-state index in [1.807, 2.05) is 6.07 Å². The number of aromatic nitrogens is 1. The Kier molecular flexibility index (Phi) is 4.84. The van der Waals surface area contributed by atoms with Gasteiger partial charge in [0, 0.05) is 36.5 Å². The molecule has 1 aromatic carbocycles. The van der Waals surface area contributed by atoms with Gasteiger partial charge in [-0.05, 0) is 37.5 Å². The molecule has 0 aliphatic rings. The average molecular weight is 275 g/mol. The minimum atomic E-state index is -0.416. The van der Waals surface area contributed by atoms with E-state index in [-0.39, 0.29) is 12.3 Å². The summed E-state index contributed by atoms with van der Waals surface area (Å²) in [5.74, 6) is 0. The maximum absolute atomic E-state index is 11.0. The van der Waals surface area contributed by atoms with Gasteiger partial charge >= 0.3 is 0 Å². The Labute approximate surface area is 116 Å². The summed E-state index contributed by atoms with van der Waals surface area (Å²) in [6.45, 7) is 0.978. The minimum absolute atomic E-state index is 0.0198. The first-order valence-electron chi connectivity index (χ1n) is 6.61. The maximum atomic E-state index is 11.0. The van der Waals surface area contributed by atoms with E-state index in [4.69, 9.17) is 5.11 Å². The van der Waals surface area contributed by atoms with E-state index in [0.29, 0.717) is 5.52 Å². The largest absolute Gasteiger partial charge is 0.396 e. The number of nitrogens with zero attached hydrogens (tertiary/aromatic N) is 2. The molecule has 2 aromatic rings. The van der Waals surface area contributed by atoms with E-state index in [2.05, 4.69) is 10.3 Å². The molecular weight excluding hydrogens is 258 g/mol. The standard InChI is InChI=1S/C14H17N3O3/c18-10-3-1-2-8-15-12-6-7-13(17(19)20)14-11(12)5-4-9-16-14/h4-7,9,15,18H,1-3,8,10H2. The first kappa shape index (κ1) is 14.2. The van der Waals surface area contributed by atoms with Gasteiger partial charge in [0.05, 0.1) is 4.92 Å². The normalized spacial score (nSPS) is 10.7. The number of hydrogen-bond donors (Lipinski definition) is 2. The lowest BCUT2D eigenvalue weighted by atomic mass is 10.1. The van der Waals surface area contributed by atoms with Crippen molar-refractivity contribution in [1.82, 2.24) is 4.98 Å². The van der Waals surface area contributed by atoms with Crippen LogP contribution in [0.25, 0.3) is 10.9 Å². The first-order chi connectivity index (χ1) is 9.74. The van der Waals surface area contributed by atoms with Crippen LogP contribution in [-0.2, 0) is 0 Å². The van der Waals surface area contributed by atoms with Crippen LogP contribution >= 0.6 is 0 Å². The number of aliphatic hydroxyl groups excluding tert-OH is 1. The molecule has 2 rings (SSSR count). The highest BCUT2D eigenvalue weighted by molar-refractivity contribution is 5.96. The molecule has 0 aliphatic heterocycles. The molecule has 0 aliphatic carbocycles. The average Bonchev–Trinajstić information content (AvgIpc) is 2.46. The number of nitro groups is 1. The molecule has 6 heteroatoms. The number of hydrogen-bond acceptors (Lipinski definition) is 5. The van der Waals surface area contributed by atoms with Crippen molar-refractivity contribution in [3.63, 3.8) is 0 Å². The summed E-state index contributed by atoms with van der Waals surface area (Å²) in [7, 11) is 0. The second-order valence-electron chi connectivity index (χ2n) is 4.50. The molecule has 0 bridgehead atoms. The van der Waals surface area contributed by atoms with Gasteiger partial charge in [-0.3, -0.25) is 10.1 Å². The Morgan fingerprint density at radius 1 is 1.25 bits per heavy atom. The van der Waals surface area contributed by atoms with E-state index >= 15 is 0 Å². The number of aliphatic hydroxyl groups is 1. The van der Waals surface area contributed by atoms with Gasteiger partial charge < -0.3 is 10.4 Å². The highest BCUT2D eigenvalue weighted by Gasteiger charge is 2.14. The van der Waals surface area contributed by atoms with Gasteiger partial charge in [0.1, 0.15) is 5.52 Å². The number of pyridine rings is 1. The number of nitro benzene ring substituents is 1. The number of fused-ring (bicyclic) bond motifs is 1. The second-order valence-corrected chi connectivity index (χ2v) is 4.50. The van der Waals surface area contributed by atoms with Crippen molar-refractivity contribution >= 4 is 22.3 Å². The lowest BCUT2D eigenvalue weighted by molar-refractivity contribution is -0.383. The monoisotopic (exact) mass is 275 g/mol. The Morgan fingerprint density at radius 3 is 2.85 bits per heavy atom. The molecule has 20 heavy (non-hydrogen) atoms. The summed E-state index contributed by atoms with van der Waals surface area (Å²) in [6, 6.07) is 6.79. The molecule has 0 fully saturated rings. The Hall–Kier alpha value is -2.21. The topological polar surface area (TPSA) is 88.3 Å². The third kappa shape index (κ3) is 3.21. The van der Waals surface area contributed by atoms with Gasteiger partial charge in [-0.15, -0.1) is 0 Å². The molecule has 106 valence electrons. The smallest absolute Gasteiger partial charge is 0.295 e. The highest BCUT2D eigenvalue weighted by atomic mass is 16.6. The molecule has 0 amide bonds. The first-order valence-corrected chi connectivity index (χ1v) is 6.61. The van der Waals surface area contributed by atoms with Crippen LogP contribution in [0.3, 0.4) is 0 Å². The molecule has 0 unspecified atom stereocenters. The summed E-state index contributed by atoms with van der Waals surface area (Å²) in [6.07, 6.45) is 4.25. The Balaban J connectivity index is 2.18. The molecule has 0 spiro atoms. The zero-order valence-corrected chi connectivity index (χ0v) is 11.1. The highest BCUT2D eigenvalue weighted by Crippen LogP contribution is 2.29. The van der Waals surface area contributed by atoms with E-state index < -0.39 is 4.92 Å². The minimum Gasteiger partial charge on any atom is -0.396 e. The van der Waals surface area contributed by atoms with Crippen LogP contribution in [0.4, 0.5) is 11.4 Å². The lowest BCUT2D eigenvalue weighted by Gasteiger charge is -2.09. The van der Waals surface area contributed by atoms with Gasteiger partial charge in [0.2, 0.25) is 0 Å². The summed E-state index contributed by atoms with van der Waals surface area (Å²) in [5, 5.41) is 23.7. The maximum Gasteiger partial charge on any atom is 0.295 e. The van der Waals surface area contributed by atoms with Crippen molar-refractivity contribution < 1.29 is 10.0 Å². The lowest BCUT2D eigenvalue weighted by Crippen LogP contribution is -2.03. The zero-order chi connectivity index (χ0) is 14.4. The fourth-order valence-corrected chi connectivity index (χ4v) is 2.10. The number of unbranched alkanes of at least 4 members (excludes halogenated alkanes) is 2. The predicted molar refractivity (Wildman–Crippen MR) is 77.8 cm³/mol. The second kappa shape index (κ2) is 6.81. The van der Waals surface area contributed by atoms with Crippen molar-refractivity contribution in [2.75, 3.05) is 18.5 Å². The number of nitrogens with one attached hydrogen (secondary N) is 1. The third-order valence-electron chi connectivity index (χ3n) is 3.10. The Morgan fingerprint density at radius 2 is 2.10 bits per heavy atom. The fraction of sp³-hybridized carbons (Fsp3) is 0.357. The van der Waals surface area contributed by atoms with Crippen molar-refractivity contribution in [2.24, 2.45) is 0 Å². The molecule has 2 N–H and O–H groups in total. The molecule has 0 radical (unpaired) electrons. The molecule has 6 nitrogen and oxygen atoms in total. The van der Waals surface area contributed by atoms with E-state index in [1.54, 1.807) is 18.3 Å². The summed E-state index contributed by atoms with van der Waals surface area (Å²) < 4.78 is 0. The number of non-ortho nitro benzene ring substituents is 1. The van der Waals surface area contributed by atoms with Gasteiger partial charge in [-0.25, -0.2) is 4.98 Å². The predicted octanol–water partition coefficient (Wildman–Crippen LogP) is 2.72. The number of anilines is 1. The van der Waals surface area contributed by atoms with Crippen molar-refractivity contribution in [1.29, 1.82) is 0 Å². The SMILES string of the molecule is O=[N+]([O-])c1ccc(NCCCCCO)c2cccnc12. The molecule has 1 aromatic heterocycles. The van der Waals surface area contributed by atoms with Crippen LogP contribution in [0, 0.1) is 10.1 Å². The summed E-state index contributed by atoms with van der Waals surface area (Å²) in [5.41, 5.74) is 1.27. The van der Waals surface area contributed by atoms with Crippen molar-refractivity contribution in [2.45, 2.75) is 19.3 Å². The molecule has 1 heterocycles. The van der Waals surface area contributed by atoms with E-state index in [0.717, 1.165) is 36.9 Å². The quantitative estimate of drug-likeness (QED) is 0.461. The zero-order valence-electron chi connectivity index (χ0n) is 11.1.